The molecule has 22 heavy (non-hydrogen) atoms. The van der Waals surface area contributed by atoms with Gasteiger partial charge >= 0.3 is 0 Å². The highest BCUT2D eigenvalue weighted by Crippen LogP contribution is 2.17. The van der Waals surface area contributed by atoms with E-state index in [0.717, 1.165) is 15.6 Å². The van der Waals surface area contributed by atoms with Gasteiger partial charge in [0, 0.05) is 22.3 Å². The van der Waals surface area contributed by atoms with Gasteiger partial charge in [-0.1, -0.05) is 45.7 Å². The van der Waals surface area contributed by atoms with Gasteiger partial charge in [0.05, 0.1) is 6.42 Å². The minimum Gasteiger partial charge on any atom is -0.421 e. The van der Waals surface area contributed by atoms with Crippen LogP contribution < -0.4 is 0 Å². The van der Waals surface area contributed by atoms with E-state index < -0.39 is 0 Å². The molecule has 0 saturated heterocycles. The summed E-state index contributed by atoms with van der Waals surface area (Å²) in [6, 6.07) is 11.7. The first-order valence-electron chi connectivity index (χ1n) is 6.56. The molecule has 6 heteroatoms. The third kappa shape index (κ3) is 3.81. The molecule has 0 fully saturated rings. The Labute approximate surface area is 141 Å². The first-order valence-corrected chi connectivity index (χ1v) is 7.73. The number of rotatable bonds is 4. The van der Waals surface area contributed by atoms with E-state index in [1.807, 2.05) is 36.4 Å². The van der Waals surface area contributed by atoms with E-state index in [1.165, 1.54) is 0 Å². The number of aromatic nitrogens is 3. The number of hydrogen-bond donors (Lipinski definition) is 0. The van der Waals surface area contributed by atoms with Gasteiger partial charge in [-0.3, -0.25) is 0 Å². The number of pyridine rings is 1. The Morgan fingerprint density at radius 2 is 2.05 bits per heavy atom. The lowest BCUT2D eigenvalue weighted by Gasteiger charge is -1.97. The highest BCUT2D eigenvalue weighted by Gasteiger charge is 2.05. The van der Waals surface area contributed by atoms with E-state index in [0.29, 0.717) is 23.4 Å². The number of benzene rings is 1. The Kier molecular flexibility index (Phi) is 4.65. The summed E-state index contributed by atoms with van der Waals surface area (Å²) in [5.74, 6) is 1.000. The Bertz CT molecular complexity index is 816. The fourth-order valence-corrected chi connectivity index (χ4v) is 2.54. The number of nitrogens with zero attached hydrogens (tertiary/aromatic N) is 3. The normalized spacial score (nSPS) is 11.2. The molecule has 1 aromatic carbocycles. The largest absolute Gasteiger partial charge is 0.421 e. The molecule has 0 aliphatic carbocycles. The van der Waals surface area contributed by atoms with E-state index in [4.69, 9.17) is 16.0 Å². The molecule has 110 valence electrons. The Morgan fingerprint density at radius 1 is 1.14 bits per heavy atom. The maximum atomic E-state index is 5.98. The Hall–Kier alpha value is -1.98. The van der Waals surface area contributed by atoms with Crippen LogP contribution in [-0.2, 0) is 6.42 Å². The SMILES string of the molecule is Clc1ncccc1C=Cc1nnc(Cc2cccc(Br)c2)o1. The smallest absolute Gasteiger partial charge is 0.240 e. The number of halogens is 2. The van der Waals surface area contributed by atoms with Crippen molar-refractivity contribution in [2.75, 3.05) is 0 Å². The van der Waals surface area contributed by atoms with E-state index in [2.05, 4.69) is 31.1 Å². The van der Waals surface area contributed by atoms with Crippen molar-refractivity contribution in [3.05, 3.63) is 75.1 Å². The standard InChI is InChI=1S/C16H11BrClN3O/c17-13-5-1-3-11(9-13)10-15-21-20-14(22-15)7-6-12-4-2-8-19-16(12)18/h1-9H,10H2. The highest BCUT2D eigenvalue weighted by molar-refractivity contribution is 9.10. The van der Waals surface area contributed by atoms with Crippen LogP contribution >= 0.6 is 27.5 Å². The third-order valence-corrected chi connectivity index (χ3v) is 3.73. The van der Waals surface area contributed by atoms with Gasteiger partial charge in [0.1, 0.15) is 5.15 Å². The van der Waals surface area contributed by atoms with Gasteiger partial charge in [-0.05, 0) is 29.8 Å². The van der Waals surface area contributed by atoms with Crippen molar-refractivity contribution in [3.63, 3.8) is 0 Å². The third-order valence-electron chi connectivity index (χ3n) is 2.92. The molecule has 2 heterocycles. The van der Waals surface area contributed by atoms with Crippen LogP contribution in [0.4, 0.5) is 0 Å². The zero-order chi connectivity index (χ0) is 15.4. The van der Waals surface area contributed by atoms with Gasteiger partial charge in [0.25, 0.3) is 0 Å². The van der Waals surface area contributed by atoms with Gasteiger partial charge in [0.2, 0.25) is 11.8 Å². The molecule has 0 bridgehead atoms. The molecule has 0 spiro atoms. The van der Waals surface area contributed by atoms with Crippen molar-refractivity contribution in [2.45, 2.75) is 6.42 Å². The predicted molar refractivity (Wildman–Crippen MR) is 89.4 cm³/mol. The van der Waals surface area contributed by atoms with E-state index in [9.17, 15) is 0 Å². The monoisotopic (exact) mass is 375 g/mol. The van der Waals surface area contributed by atoms with Gasteiger partial charge in [-0.15, -0.1) is 10.2 Å². The molecule has 0 radical (unpaired) electrons. The van der Waals surface area contributed by atoms with Crippen molar-refractivity contribution < 1.29 is 4.42 Å². The van der Waals surface area contributed by atoms with Crippen LogP contribution in [0.15, 0.2) is 51.5 Å². The van der Waals surface area contributed by atoms with Crippen LogP contribution in [0.25, 0.3) is 12.2 Å². The molecule has 0 atom stereocenters. The Morgan fingerprint density at radius 3 is 2.86 bits per heavy atom. The molecule has 0 aliphatic heterocycles. The van der Waals surface area contributed by atoms with Gasteiger partial charge in [-0.25, -0.2) is 4.98 Å². The topological polar surface area (TPSA) is 51.8 Å². The second-order valence-corrected chi connectivity index (χ2v) is 5.83. The minimum atomic E-state index is 0.435. The van der Waals surface area contributed by atoms with Crippen LogP contribution in [0.5, 0.6) is 0 Å². The second-order valence-electron chi connectivity index (χ2n) is 4.56. The highest BCUT2D eigenvalue weighted by atomic mass is 79.9. The van der Waals surface area contributed by atoms with Crippen LogP contribution in [0.1, 0.15) is 22.9 Å². The molecule has 2 aromatic heterocycles. The van der Waals surface area contributed by atoms with Crippen molar-refractivity contribution in [3.8, 4) is 0 Å². The minimum absolute atomic E-state index is 0.435. The predicted octanol–water partition coefficient (Wildman–Crippen LogP) is 4.64. The first-order chi connectivity index (χ1) is 10.7. The summed E-state index contributed by atoms with van der Waals surface area (Å²) in [6.45, 7) is 0. The van der Waals surface area contributed by atoms with Crippen LogP contribution in [0.2, 0.25) is 5.15 Å². The molecule has 0 amide bonds. The zero-order valence-corrected chi connectivity index (χ0v) is 13.8. The maximum Gasteiger partial charge on any atom is 0.240 e. The molecule has 0 aliphatic rings. The molecular formula is C16H11BrClN3O. The molecule has 3 rings (SSSR count). The summed E-state index contributed by atoms with van der Waals surface area (Å²) in [5.41, 5.74) is 1.90. The summed E-state index contributed by atoms with van der Waals surface area (Å²) < 4.78 is 6.63. The van der Waals surface area contributed by atoms with E-state index in [1.54, 1.807) is 18.3 Å². The summed E-state index contributed by atoms with van der Waals surface area (Å²) in [6.07, 6.45) is 5.75. The molecular weight excluding hydrogens is 366 g/mol. The lowest BCUT2D eigenvalue weighted by Crippen LogP contribution is -1.87. The lowest BCUT2D eigenvalue weighted by atomic mass is 10.1. The Balaban J connectivity index is 1.73. The zero-order valence-electron chi connectivity index (χ0n) is 11.4. The van der Waals surface area contributed by atoms with E-state index in [-0.39, 0.29) is 0 Å². The van der Waals surface area contributed by atoms with Crippen molar-refractivity contribution in [1.82, 2.24) is 15.2 Å². The van der Waals surface area contributed by atoms with Crippen molar-refractivity contribution >= 4 is 39.7 Å². The van der Waals surface area contributed by atoms with Crippen LogP contribution in [0, 0.1) is 0 Å². The van der Waals surface area contributed by atoms with Crippen LogP contribution in [0.3, 0.4) is 0 Å². The van der Waals surface area contributed by atoms with Gasteiger partial charge < -0.3 is 4.42 Å². The molecule has 0 N–H and O–H groups in total. The average molecular weight is 377 g/mol. The van der Waals surface area contributed by atoms with Crippen molar-refractivity contribution in [1.29, 1.82) is 0 Å². The summed E-state index contributed by atoms with van der Waals surface area (Å²) in [4.78, 5) is 4.00. The second kappa shape index (κ2) is 6.85. The number of hydrogen-bond acceptors (Lipinski definition) is 4. The lowest BCUT2D eigenvalue weighted by molar-refractivity contribution is 0.496. The molecule has 4 nitrogen and oxygen atoms in total. The van der Waals surface area contributed by atoms with E-state index >= 15 is 0 Å². The quantitative estimate of drug-likeness (QED) is 0.622. The van der Waals surface area contributed by atoms with Gasteiger partial charge in [-0.2, -0.15) is 0 Å². The summed E-state index contributed by atoms with van der Waals surface area (Å²) in [5, 5.41) is 8.48. The van der Waals surface area contributed by atoms with Gasteiger partial charge in [0.15, 0.2) is 0 Å². The molecule has 3 aromatic rings. The fraction of sp³-hybridized carbons (Fsp3) is 0.0625. The van der Waals surface area contributed by atoms with Crippen LogP contribution in [-0.4, -0.2) is 15.2 Å². The van der Waals surface area contributed by atoms with Crippen molar-refractivity contribution in [2.24, 2.45) is 0 Å². The molecule has 0 unspecified atom stereocenters. The first kappa shape index (κ1) is 14.9. The summed E-state index contributed by atoms with van der Waals surface area (Å²) in [7, 11) is 0. The average Bonchev–Trinajstić information content (AvgIpc) is 2.94. The fourth-order valence-electron chi connectivity index (χ4n) is 1.91. The molecule has 0 saturated carbocycles. The maximum absolute atomic E-state index is 5.98. The summed E-state index contributed by atoms with van der Waals surface area (Å²) >= 11 is 9.43.